The predicted octanol–water partition coefficient (Wildman–Crippen LogP) is 20.5. The van der Waals surface area contributed by atoms with Crippen LogP contribution in [0.2, 0.25) is 0 Å². The molecule has 0 fully saturated rings. The molecular formula is C63H114O5. The Morgan fingerprint density at radius 1 is 0.324 bits per heavy atom. The number of carbonyl (C=O) groups excluding carboxylic acids is 2. The van der Waals surface area contributed by atoms with Crippen LogP contribution in [0.5, 0.6) is 0 Å². The first kappa shape index (κ1) is 65.6. The van der Waals surface area contributed by atoms with Crippen LogP contribution in [-0.4, -0.2) is 37.9 Å². The lowest BCUT2D eigenvalue weighted by molar-refractivity contribution is -0.163. The second kappa shape index (κ2) is 58.9. The van der Waals surface area contributed by atoms with Crippen molar-refractivity contribution in [3.8, 4) is 0 Å². The second-order valence-corrected chi connectivity index (χ2v) is 19.9. The van der Waals surface area contributed by atoms with E-state index in [0.29, 0.717) is 19.4 Å². The van der Waals surface area contributed by atoms with Gasteiger partial charge in [-0.15, -0.1) is 0 Å². The molecule has 0 aromatic rings. The molecule has 0 heterocycles. The first-order valence-corrected chi connectivity index (χ1v) is 29.8. The molecule has 0 N–H and O–H groups in total. The first-order chi connectivity index (χ1) is 33.6. The molecule has 0 aromatic carbocycles. The van der Waals surface area contributed by atoms with Gasteiger partial charge in [-0.05, 0) is 109 Å². The number of esters is 2. The van der Waals surface area contributed by atoms with E-state index in [0.717, 1.165) is 64.2 Å². The summed E-state index contributed by atoms with van der Waals surface area (Å²) in [5, 5.41) is 0. The summed E-state index contributed by atoms with van der Waals surface area (Å²) < 4.78 is 17.5. The topological polar surface area (TPSA) is 61.8 Å². The summed E-state index contributed by atoms with van der Waals surface area (Å²) in [5.41, 5.74) is 0. The van der Waals surface area contributed by atoms with Crippen molar-refractivity contribution in [3.63, 3.8) is 0 Å². The zero-order chi connectivity index (χ0) is 49.2. The molecule has 0 saturated carbocycles. The molecule has 5 nitrogen and oxygen atoms in total. The Bertz CT molecular complexity index is 1170. The fourth-order valence-corrected chi connectivity index (χ4v) is 8.51. The molecule has 68 heavy (non-hydrogen) atoms. The molecule has 1 atom stereocenters. The van der Waals surface area contributed by atoms with Gasteiger partial charge in [0.25, 0.3) is 0 Å². The Morgan fingerprint density at radius 2 is 0.618 bits per heavy atom. The fourth-order valence-electron chi connectivity index (χ4n) is 8.51. The third kappa shape index (κ3) is 56.2. The van der Waals surface area contributed by atoms with Gasteiger partial charge in [-0.3, -0.25) is 9.59 Å². The summed E-state index contributed by atoms with van der Waals surface area (Å²) >= 11 is 0. The molecule has 0 saturated heterocycles. The molecule has 396 valence electrons. The third-order valence-corrected chi connectivity index (χ3v) is 13.0. The van der Waals surface area contributed by atoms with Crippen molar-refractivity contribution < 1.29 is 23.8 Å². The van der Waals surface area contributed by atoms with Gasteiger partial charge in [-0.2, -0.15) is 0 Å². The molecule has 0 bridgehead atoms. The molecule has 0 aliphatic carbocycles. The molecule has 0 radical (unpaired) electrons. The van der Waals surface area contributed by atoms with E-state index in [-0.39, 0.29) is 25.2 Å². The van der Waals surface area contributed by atoms with Crippen LogP contribution in [-0.2, 0) is 23.8 Å². The summed E-state index contributed by atoms with van der Waals surface area (Å²) in [6.07, 6.45) is 75.2. The molecular weight excluding hydrogens is 837 g/mol. The minimum absolute atomic E-state index is 0.0778. The molecule has 5 heteroatoms. The van der Waals surface area contributed by atoms with Crippen molar-refractivity contribution in [1.82, 2.24) is 0 Å². The van der Waals surface area contributed by atoms with Crippen LogP contribution >= 0.6 is 0 Å². The van der Waals surface area contributed by atoms with E-state index in [9.17, 15) is 9.59 Å². The zero-order valence-corrected chi connectivity index (χ0v) is 45.6. The Balaban J connectivity index is 4.29. The van der Waals surface area contributed by atoms with Gasteiger partial charge in [0.2, 0.25) is 0 Å². The highest BCUT2D eigenvalue weighted by Gasteiger charge is 2.17. The predicted molar refractivity (Wildman–Crippen MR) is 298 cm³/mol. The van der Waals surface area contributed by atoms with E-state index in [1.165, 1.54) is 205 Å². The van der Waals surface area contributed by atoms with E-state index in [4.69, 9.17) is 14.2 Å². The number of ether oxygens (including phenoxy) is 3. The average molecular weight is 952 g/mol. The lowest BCUT2D eigenvalue weighted by Gasteiger charge is -2.18. The highest BCUT2D eigenvalue weighted by molar-refractivity contribution is 5.70. The van der Waals surface area contributed by atoms with E-state index < -0.39 is 6.10 Å². The van der Waals surface area contributed by atoms with Crippen LogP contribution in [0, 0.1) is 0 Å². The fraction of sp³-hybridized carbons (Fsp3) is 0.810. The first-order valence-electron chi connectivity index (χ1n) is 29.8. The van der Waals surface area contributed by atoms with Gasteiger partial charge in [-0.1, -0.05) is 242 Å². The van der Waals surface area contributed by atoms with Gasteiger partial charge in [0.1, 0.15) is 6.61 Å². The second-order valence-electron chi connectivity index (χ2n) is 19.9. The quantitative estimate of drug-likeness (QED) is 0.0345. The summed E-state index contributed by atoms with van der Waals surface area (Å²) in [4.78, 5) is 25.6. The number of unbranched alkanes of at least 4 members (excludes halogenated alkanes) is 34. The van der Waals surface area contributed by atoms with Gasteiger partial charge in [-0.25, -0.2) is 0 Å². The van der Waals surface area contributed by atoms with Gasteiger partial charge < -0.3 is 14.2 Å². The average Bonchev–Trinajstić information content (AvgIpc) is 3.34. The van der Waals surface area contributed by atoms with E-state index >= 15 is 0 Å². The van der Waals surface area contributed by atoms with Crippen molar-refractivity contribution in [1.29, 1.82) is 0 Å². The van der Waals surface area contributed by atoms with Crippen molar-refractivity contribution in [2.24, 2.45) is 0 Å². The van der Waals surface area contributed by atoms with Crippen LogP contribution in [0.1, 0.15) is 303 Å². The maximum atomic E-state index is 12.9. The summed E-state index contributed by atoms with van der Waals surface area (Å²) in [7, 11) is 0. The van der Waals surface area contributed by atoms with Crippen LogP contribution in [0.4, 0.5) is 0 Å². The lowest BCUT2D eigenvalue weighted by atomic mass is 10.1. The smallest absolute Gasteiger partial charge is 0.306 e. The largest absolute Gasteiger partial charge is 0.462 e. The Hall–Kier alpha value is -2.40. The molecule has 0 aliphatic rings. The van der Waals surface area contributed by atoms with Crippen molar-refractivity contribution >= 4 is 11.9 Å². The van der Waals surface area contributed by atoms with Gasteiger partial charge in [0.05, 0.1) is 6.61 Å². The Morgan fingerprint density at radius 3 is 1.01 bits per heavy atom. The minimum Gasteiger partial charge on any atom is -0.462 e. The standard InChI is InChI=1S/C63H114O5/c1-4-7-10-13-16-19-22-25-28-31-34-37-40-43-46-49-52-55-58-66-59-61(68-63(65)57-54-51-48-45-42-39-36-33-30-27-24-21-18-15-12-9-6-3)60-67-62(64)56-53-50-47-44-41-38-35-32-29-26-23-20-17-14-11-8-5-2/h16-17,19-20,25-30,61H,4-15,18,21-24,31-60H2,1-3H3/b19-16-,20-17-,28-25-,29-26-,30-27-. The monoisotopic (exact) mass is 951 g/mol. The minimum atomic E-state index is -0.546. The van der Waals surface area contributed by atoms with Gasteiger partial charge in [0, 0.05) is 19.4 Å². The summed E-state index contributed by atoms with van der Waals surface area (Å²) in [5.74, 6) is -0.403. The van der Waals surface area contributed by atoms with Crippen LogP contribution in [0.15, 0.2) is 60.8 Å². The SMILES string of the molecule is CCCCC/C=C\C/C=C\CCCCCCCCCCOCC(COC(=O)CCCCCCCCC/C=C\C/C=C\CCCCC)OC(=O)CCCCCCCCC/C=C\CCCCCCCC. The maximum absolute atomic E-state index is 12.9. The number of rotatable bonds is 55. The summed E-state index contributed by atoms with van der Waals surface area (Å²) in [6, 6.07) is 0. The molecule has 0 aromatic heterocycles. The van der Waals surface area contributed by atoms with Gasteiger partial charge in [0.15, 0.2) is 6.10 Å². The van der Waals surface area contributed by atoms with Crippen molar-refractivity contribution in [2.45, 2.75) is 309 Å². The van der Waals surface area contributed by atoms with E-state index in [1.54, 1.807) is 0 Å². The number of hydrogen-bond acceptors (Lipinski definition) is 5. The molecule has 1 unspecified atom stereocenters. The van der Waals surface area contributed by atoms with E-state index in [2.05, 4.69) is 81.5 Å². The van der Waals surface area contributed by atoms with Crippen LogP contribution in [0.3, 0.4) is 0 Å². The highest BCUT2D eigenvalue weighted by Crippen LogP contribution is 2.15. The van der Waals surface area contributed by atoms with Crippen LogP contribution in [0.25, 0.3) is 0 Å². The Labute approximate surface area is 424 Å². The molecule has 0 spiro atoms. The third-order valence-electron chi connectivity index (χ3n) is 13.0. The molecule has 0 rings (SSSR count). The highest BCUT2D eigenvalue weighted by atomic mass is 16.6. The zero-order valence-electron chi connectivity index (χ0n) is 45.6. The van der Waals surface area contributed by atoms with Crippen molar-refractivity contribution in [3.05, 3.63) is 60.8 Å². The molecule has 0 amide bonds. The number of carbonyl (C=O) groups is 2. The summed E-state index contributed by atoms with van der Waals surface area (Å²) in [6.45, 7) is 7.79. The normalized spacial score (nSPS) is 12.6. The Kier molecular flexibility index (Phi) is 56.8. The van der Waals surface area contributed by atoms with Crippen molar-refractivity contribution in [2.75, 3.05) is 19.8 Å². The lowest BCUT2D eigenvalue weighted by Crippen LogP contribution is -2.30. The number of hydrogen-bond donors (Lipinski definition) is 0. The van der Waals surface area contributed by atoms with Crippen LogP contribution < -0.4 is 0 Å². The molecule has 0 aliphatic heterocycles. The maximum Gasteiger partial charge on any atom is 0.306 e. The van der Waals surface area contributed by atoms with Gasteiger partial charge >= 0.3 is 11.9 Å². The van der Waals surface area contributed by atoms with E-state index in [1.807, 2.05) is 0 Å². The number of allylic oxidation sites excluding steroid dienone is 10.